The number of aliphatic hydroxyl groups is 1. The summed E-state index contributed by atoms with van der Waals surface area (Å²) in [6, 6.07) is 0. The zero-order valence-corrected chi connectivity index (χ0v) is 10.4. The van der Waals surface area contributed by atoms with Crippen molar-refractivity contribution in [3.05, 3.63) is 11.2 Å². The van der Waals surface area contributed by atoms with Crippen LogP contribution in [0.5, 0.6) is 0 Å². The second-order valence-corrected chi connectivity index (χ2v) is 4.24. The third-order valence-electron chi connectivity index (χ3n) is 2.22. The van der Waals surface area contributed by atoms with Crippen molar-refractivity contribution >= 4 is 23.4 Å². The Bertz CT molecular complexity index is 346. The Balaban J connectivity index is 2.65. The van der Waals surface area contributed by atoms with E-state index >= 15 is 0 Å². The fourth-order valence-corrected chi connectivity index (χ4v) is 1.21. The zero-order valence-electron chi connectivity index (χ0n) is 9.66. The Labute approximate surface area is 100 Å². The van der Waals surface area contributed by atoms with Crippen LogP contribution in [0.3, 0.4) is 0 Å². The fraction of sp³-hybridized carbons (Fsp3) is 0.600. The summed E-state index contributed by atoms with van der Waals surface area (Å²) in [7, 11) is 1.73. The van der Waals surface area contributed by atoms with Gasteiger partial charge in [-0.3, -0.25) is 0 Å². The minimum atomic E-state index is -0.427. The number of hydrogen-bond acceptors (Lipinski definition) is 5. The molecule has 1 heterocycles. The lowest BCUT2D eigenvalue weighted by Crippen LogP contribution is -2.25. The molecular weight excluding hydrogens is 228 g/mol. The second-order valence-electron chi connectivity index (χ2n) is 3.83. The van der Waals surface area contributed by atoms with Crippen molar-refractivity contribution in [2.24, 2.45) is 5.92 Å². The van der Waals surface area contributed by atoms with Crippen LogP contribution < -0.4 is 10.6 Å². The van der Waals surface area contributed by atoms with Crippen molar-refractivity contribution in [1.29, 1.82) is 0 Å². The Hall–Kier alpha value is -1.07. The number of halogens is 1. The Kier molecular flexibility index (Phi) is 4.76. The number of aromatic nitrogens is 2. The summed E-state index contributed by atoms with van der Waals surface area (Å²) in [5, 5.41) is 15.9. The van der Waals surface area contributed by atoms with Gasteiger partial charge < -0.3 is 15.7 Å². The molecule has 0 fully saturated rings. The van der Waals surface area contributed by atoms with E-state index in [1.165, 1.54) is 6.20 Å². The van der Waals surface area contributed by atoms with E-state index in [2.05, 4.69) is 20.6 Å². The second kappa shape index (κ2) is 5.86. The van der Waals surface area contributed by atoms with Crippen LogP contribution in [0.1, 0.15) is 13.8 Å². The zero-order chi connectivity index (χ0) is 12.1. The van der Waals surface area contributed by atoms with Crippen molar-refractivity contribution in [2.45, 2.75) is 20.0 Å². The van der Waals surface area contributed by atoms with E-state index in [1.807, 2.05) is 13.8 Å². The molecule has 1 unspecified atom stereocenters. The molecule has 5 nitrogen and oxygen atoms in total. The van der Waals surface area contributed by atoms with Crippen LogP contribution in [-0.4, -0.2) is 34.8 Å². The topological polar surface area (TPSA) is 70.1 Å². The van der Waals surface area contributed by atoms with E-state index in [0.29, 0.717) is 23.3 Å². The van der Waals surface area contributed by atoms with Gasteiger partial charge in [-0.2, -0.15) is 4.98 Å². The van der Waals surface area contributed by atoms with Gasteiger partial charge in [0.2, 0.25) is 5.95 Å². The predicted octanol–water partition coefficient (Wildman–Crippen LogP) is 1.60. The Morgan fingerprint density at radius 1 is 1.50 bits per heavy atom. The molecule has 0 saturated heterocycles. The number of anilines is 2. The van der Waals surface area contributed by atoms with Gasteiger partial charge in [0.05, 0.1) is 12.3 Å². The summed E-state index contributed by atoms with van der Waals surface area (Å²) in [4.78, 5) is 8.11. The molecule has 0 aliphatic carbocycles. The molecule has 1 aromatic rings. The molecule has 0 aromatic carbocycles. The van der Waals surface area contributed by atoms with Gasteiger partial charge in [-0.15, -0.1) is 0 Å². The van der Waals surface area contributed by atoms with E-state index in [1.54, 1.807) is 7.05 Å². The summed E-state index contributed by atoms with van der Waals surface area (Å²) in [6.07, 6.45) is 1.09. The third-order valence-corrected chi connectivity index (χ3v) is 2.49. The normalized spacial score (nSPS) is 12.6. The highest BCUT2D eigenvalue weighted by molar-refractivity contribution is 6.32. The summed E-state index contributed by atoms with van der Waals surface area (Å²) < 4.78 is 0. The standard InChI is InChI=1S/C10H17ClN4O/c1-6(2)8(16)5-13-9-7(11)4-14-10(12-3)15-9/h4,6,8,16H,5H2,1-3H3,(H2,12,13,14,15). The summed E-state index contributed by atoms with van der Waals surface area (Å²) >= 11 is 5.92. The lowest BCUT2D eigenvalue weighted by Gasteiger charge is -2.16. The summed E-state index contributed by atoms with van der Waals surface area (Å²) in [6.45, 7) is 4.32. The SMILES string of the molecule is CNc1ncc(Cl)c(NCC(O)C(C)C)n1. The fourth-order valence-electron chi connectivity index (χ4n) is 1.05. The molecule has 90 valence electrons. The highest BCUT2D eigenvalue weighted by atomic mass is 35.5. The number of rotatable bonds is 5. The van der Waals surface area contributed by atoms with Gasteiger partial charge in [0, 0.05) is 13.6 Å². The van der Waals surface area contributed by atoms with Crippen molar-refractivity contribution in [3.8, 4) is 0 Å². The summed E-state index contributed by atoms with van der Waals surface area (Å²) in [5.41, 5.74) is 0. The van der Waals surface area contributed by atoms with Crippen LogP contribution in [0.25, 0.3) is 0 Å². The first kappa shape index (κ1) is 13.0. The van der Waals surface area contributed by atoms with E-state index in [4.69, 9.17) is 11.6 Å². The molecule has 0 saturated carbocycles. The van der Waals surface area contributed by atoms with Crippen LogP contribution in [0.15, 0.2) is 6.20 Å². The Morgan fingerprint density at radius 2 is 2.19 bits per heavy atom. The molecule has 0 amide bonds. The molecule has 0 aliphatic rings. The lowest BCUT2D eigenvalue weighted by molar-refractivity contribution is 0.138. The average molecular weight is 245 g/mol. The predicted molar refractivity (Wildman–Crippen MR) is 65.9 cm³/mol. The van der Waals surface area contributed by atoms with Crippen LogP contribution in [0, 0.1) is 5.92 Å². The molecule has 0 spiro atoms. The van der Waals surface area contributed by atoms with Gasteiger partial charge in [-0.1, -0.05) is 25.4 Å². The van der Waals surface area contributed by atoms with E-state index in [-0.39, 0.29) is 5.92 Å². The highest BCUT2D eigenvalue weighted by Crippen LogP contribution is 2.19. The smallest absolute Gasteiger partial charge is 0.224 e. The molecule has 1 aromatic heterocycles. The van der Waals surface area contributed by atoms with Crippen molar-refractivity contribution in [2.75, 3.05) is 24.2 Å². The van der Waals surface area contributed by atoms with Gasteiger partial charge in [0.1, 0.15) is 5.02 Å². The van der Waals surface area contributed by atoms with E-state index < -0.39 is 6.10 Å². The van der Waals surface area contributed by atoms with Gasteiger partial charge in [0.15, 0.2) is 5.82 Å². The largest absolute Gasteiger partial charge is 0.391 e. The number of hydrogen-bond donors (Lipinski definition) is 3. The van der Waals surface area contributed by atoms with Crippen LogP contribution in [0.4, 0.5) is 11.8 Å². The molecular formula is C10H17ClN4O. The highest BCUT2D eigenvalue weighted by Gasteiger charge is 2.10. The molecule has 6 heteroatoms. The molecule has 1 atom stereocenters. The minimum Gasteiger partial charge on any atom is -0.391 e. The van der Waals surface area contributed by atoms with Gasteiger partial charge in [-0.05, 0) is 5.92 Å². The van der Waals surface area contributed by atoms with Gasteiger partial charge >= 0.3 is 0 Å². The average Bonchev–Trinajstić information content (AvgIpc) is 2.27. The first-order valence-electron chi connectivity index (χ1n) is 5.16. The molecule has 16 heavy (non-hydrogen) atoms. The quantitative estimate of drug-likeness (QED) is 0.734. The monoisotopic (exact) mass is 244 g/mol. The van der Waals surface area contributed by atoms with Crippen LogP contribution in [0.2, 0.25) is 5.02 Å². The third kappa shape index (κ3) is 3.50. The van der Waals surface area contributed by atoms with E-state index in [9.17, 15) is 5.11 Å². The van der Waals surface area contributed by atoms with Gasteiger partial charge in [-0.25, -0.2) is 4.98 Å². The summed E-state index contributed by atoms with van der Waals surface area (Å²) in [5.74, 6) is 1.21. The van der Waals surface area contributed by atoms with Crippen molar-refractivity contribution in [3.63, 3.8) is 0 Å². The Morgan fingerprint density at radius 3 is 2.75 bits per heavy atom. The number of nitrogens with one attached hydrogen (secondary N) is 2. The lowest BCUT2D eigenvalue weighted by atomic mass is 10.1. The molecule has 3 N–H and O–H groups in total. The first-order chi connectivity index (χ1) is 7.54. The van der Waals surface area contributed by atoms with Crippen molar-refractivity contribution < 1.29 is 5.11 Å². The maximum Gasteiger partial charge on any atom is 0.224 e. The minimum absolute atomic E-state index is 0.192. The van der Waals surface area contributed by atoms with Crippen LogP contribution >= 0.6 is 11.6 Å². The maximum atomic E-state index is 9.64. The molecule has 1 rings (SSSR count). The maximum absolute atomic E-state index is 9.64. The van der Waals surface area contributed by atoms with Gasteiger partial charge in [0.25, 0.3) is 0 Å². The van der Waals surface area contributed by atoms with E-state index in [0.717, 1.165) is 0 Å². The van der Waals surface area contributed by atoms with Crippen LogP contribution in [-0.2, 0) is 0 Å². The first-order valence-corrected chi connectivity index (χ1v) is 5.54. The number of aliphatic hydroxyl groups excluding tert-OH is 1. The van der Waals surface area contributed by atoms with Crippen molar-refractivity contribution in [1.82, 2.24) is 9.97 Å². The molecule has 0 aliphatic heterocycles. The molecule has 0 radical (unpaired) electrons. The molecule has 0 bridgehead atoms. The number of nitrogens with zero attached hydrogens (tertiary/aromatic N) is 2.